The summed E-state index contributed by atoms with van der Waals surface area (Å²) in [5.41, 5.74) is 10.4. The van der Waals surface area contributed by atoms with Crippen molar-refractivity contribution in [3.8, 4) is 11.8 Å². The third-order valence-corrected chi connectivity index (χ3v) is 11.1. The summed E-state index contributed by atoms with van der Waals surface area (Å²) < 4.78 is 17.8. The molecule has 1 atom stereocenters. The van der Waals surface area contributed by atoms with Crippen LogP contribution in [0.25, 0.3) is 33.5 Å². The fourth-order valence-electron chi connectivity index (χ4n) is 8.17. The standard InChI is InChI=1S/C51H50N4O3/c1-7-36-25-27-37(28-26-36)34-57-47-31-39(53(8-2)9-3)29-30-42(47)48(58-51(56)38-19-13-12-14-20-38)32-43(49-35(6)54(10-4)44-23-17-15-21-40(44)49)50-41-22-16-18-24-45(41)55(11-5)46(50)33-52/h7,12-32,48H,1,8-11,34H2,2-6H3/b43-32-. The molecule has 0 radical (unpaired) electrons. The van der Waals surface area contributed by atoms with Gasteiger partial charge in [-0.25, -0.2) is 4.79 Å². The number of ether oxygens (including phenoxy) is 2. The van der Waals surface area contributed by atoms with Crippen molar-refractivity contribution in [1.29, 1.82) is 5.26 Å². The summed E-state index contributed by atoms with van der Waals surface area (Å²) in [6, 6.07) is 42.5. The van der Waals surface area contributed by atoms with Gasteiger partial charge in [0.15, 0.2) is 0 Å². The van der Waals surface area contributed by atoms with Gasteiger partial charge in [-0.15, -0.1) is 0 Å². The Bertz CT molecular complexity index is 2660. The number of nitriles is 1. The van der Waals surface area contributed by atoms with Crippen molar-refractivity contribution in [2.24, 2.45) is 0 Å². The number of carbonyl (C=O) groups excluding carboxylic acids is 1. The molecule has 0 N–H and O–H groups in total. The van der Waals surface area contributed by atoms with Crippen LogP contribution in [0, 0.1) is 18.3 Å². The number of aryl methyl sites for hydroxylation is 2. The lowest BCUT2D eigenvalue weighted by Gasteiger charge is -2.25. The number of nitrogens with zero attached hydrogens (tertiary/aromatic N) is 4. The molecule has 7 heteroatoms. The first kappa shape index (κ1) is 39.5. The van der Waals surface area contributed by atoms with E-state index in [0.717, 1.165) is 80.6 Å². The minimum Gasteiger partial charge on any atom is -0.488 e. The van der Waals surface area contributed by atoms with Crippen LogP contribution in [0.5, 0.6) is 5.75 Å². The van der Waals surface area contributed by atoms with Crippen LogP contribution in [0.2, 0.25) is 0 Å². The van der Waals surface area contributed by atoms with Gasteiger partial charge in [0, 0.05) is 82.1 Å². The summed E-state index contributed by atoms with van der Waals surface area (Å²) in [7, 11) is 0. The van der Waals surface area contributed by atoms with E-state index < -0.39 is 12.1 Å². The zero-order valence-corrected chi connectivity index (χ0v) is 34.0. The molecule has 7 aromatic rings. The molecule has 7 nitrogen and oxygen atoms in total. The van der Waals surface area contributed by atoms with Crippen LogP contribution < -0.4 is 9.64 Å². The van der Waals surface area contributed by atoms with E-state index in [1.54, 1.807) is 12.1 Å². The average Bonchev–Trinajstić information content (AvgIpc) is 3.75. The van der Waals surface area contributed by atoms with Crippen molar-refractivity contribution in [2.75, 3.05) is 18.0 Å². The second-order valence-electron chi connectivity index (χ2n) is 14.2. The summed E-state index contributed by atoms with van der Waals surface area (Å²) in [4.78, 5) is 16.5. The van der Waals surface area contributed by atoms with Gasteiger partial charge in [-0.1, -0.05) is 91.5 Å². The fraction of sp³-hybridized carbons (Fsp3) is 0.216. The monoisotopic (exact) mass is 766 g/mol. The maximum Gasteiger partial charge on any atom is 0.339 e. The van der Waals surface area contributed by atoms with Crippen LogP contribution in [0.1, 0.15) is 83.4 Å². The Hall–Kier alpha value is -6.78. The van der Waals surface area contributed by atoms with Gasteiger partial charge in [0.2, 0.25) is 0 Å². The molecule has 0 spiro atoms. The molecule has 0 aliphatic carbocycles. The predicted octanol–water partition coefficient (Wildman–Crippen LogP) is 11.9. The number of para-hydroxylation sites is 2. The molecule has 5 aromatic carbocycles. The van der Waals surface area contributed by atoms with Crippen LogP contribution in [0.3, 0.4) is 0 Å². The van der Waals surface area contributed by atoms with Gasteiger partial charge in [-0.05, 0) is 93.8 Å². The third-order valence-electron chi connectivity index (χ3n) is 11.1. The summed E-state index contributed by atoms with van der Waals surface area (Å²) in [6.07, 6.45) is 2.93. The van der Waals surface area contributed by atoms with Crippen LogP contribution in [-0.4, -0.2) is 28.2 Å². The van der Waals surface area contributed by atoms with E-state index >= 15 is 0 Å². The first-order valence-corrected chi connectivity index (χ1v) is 20.2. The number of aromatic nitrogens is 2. The van der Waals surface area contributed by atoms with Crippen LogP contribution in [-0.2, 0) is 24.4 Å². The zero-order chi connectivity index (χ0) is 40.8. The molecule has 0 amide bonds. The van der Waals surface area contributed by atoms with E-state index in [0.29, 0.717) is 35.7 Å². The van der Waals surface area contributed by atoms with E-state index in [-0.39, 0.29) is 0 Å². The Labute approximate surface area is 341 Å². The lowest BCUT2D eigenvalue weighted by molar-refractivity contribution is 0.0387. The number of esters is 1. The SMILES string of the molecule is C=Cc1ccc(COc2cc(N(CC)CC)ccc2C(/C=C(/c2c(C)n(CC)c3ccccc23)c2c(C#N)n(CC)c3ccccc23)OC(=O)c2ccccc2)cc1. The second-order valence-corrected chi connectivity index (χ2v) is 14.2. The van der Waals surface area contributed by atoms with E-state index in [1.807, 2.05) is 72.8 Å². The number of fused-ring (bicyclic) bond motifs is 2. The highest BCUT2D eigenvalue weighted by Gasteiger charge is 2.29. The number of benzene rings is 5. The minimum absolute atomic E-state index is 0.299. The van der Waals surface area contributed by atoms with Gasteiger partial charge < -0.3 is 23.5 Å². The largest absolute Gasteiger partial charge is 0.488 e. The molecule has 292 valence electrons. The molecule has 0 saturated heterocycles. The van der Waals surface area contributed by atoms with Gasteiger partial charge >= 0.3 is 5.97 Å². The highest BCUT2D eigenvalue weighted by molar-refractivity contribution is 6.06. The van der Waals surface area contributed by atoms with Gasteiger partial charge in [0.1, 0.15) is 30.2 Å². The Morgan fingerprint density at radius 1 is 0.793 bits per heavy atom. The van der Waals surface area contributed by atoms with Gasteiger partial charge in [0.05, 0.1) is 5.56 Å². The molecule has 1 unspecified atom stereocenters. The first-order valence-electron chi connectivity index (χ1n) is 20.2. The summed E-state index contributed by atoms with van der Waals surface area (Å²) in [6.45, 7) is 17.8. The zero-order valence-electron chi connectivity index (χ0n) is 34.0. The highest BCUT2D eigenvalue weighted by atomic mass is 16.5. The fourth-order valence-corrected chi connectivity index (χ4v) is 8.17. The maximum atomic E-state index is 14.2. The molecule has 2 heterocycles. The van der Waals surface area contributed by atoms with Gasteiger partial charge in [0.25, 0.3) is 0 Å². The highest BCUT2D eigenvalue weighted by Crippen LogP contribution is 2.44. The predicted molar refractivity (Wildman–Crippen MR) is 237 cm³/mol. The normalized spacial score (nSPS) is 12.0. The molecule has 0 aliphatic rings. The van der Waals surface area contributed by atoms with Crippen molar-refractivity contribution in [3.05, 3.63) is 179 Å². The van der Waals surface area contributed by atoms with Crippen LogP contribution in [0.4, 0.5) is 5.69 Å². The molecule has 0 saturated carbocycles. The Kier molecular flexibility index (Phi) is 12.0. The lowest BCUT2D eigenvalue weighted by Crippen LogP contribution is -2.22. The smallest absolute Gasteiger partial charge is 0.339 e. The molecule has 2 aromatic heterocycles. The molecule has 7 rings (SSSR count). The molecule has 58 heavy (non-hydrogen) atoms. The first-order chi connectivity index (χ1) is 28.3. The summed E-state index contributed by atoms with van der Waals surface area (Å²) >= 11 is 0. The van der Waals surface area contributed by atoms with E-state index in [2.05, 4.69) is 110 Å². The number of carbonyl (C=O) groups is 1. The maximum absolute atomic E-state index is 14.2. The van der Waals surface area contributed by atoms with Crippen molar-refractivity contribution >= 4 is 45.1 Å². The van der Waals surface area contributed by atoms with Gasteiger partial charge in [-0.3, -0.25) is 0 Å². The summed E-state index contributed by atoms with van der Waals surface area (Å²) in [5, 5.41) is 13.0. The molecule has 0 bridgehead atoms. The molecule has 0 aliphatic heterocycles. The Morgan fingerprint density at radius 2 is 1.41 bits per heavy atom. The molecular weight excluding hydrogens is 717 g/mol. The van der Waals surface area contributed by atoms with Crippen molar-refractivity contribution in [1.82, 2.24) is 9.13 Å². The van der Waals surface area contributed by atoms with Crippen molar-refractivity contribution in [2.45, 2.75) is 60.4 Å². The quantitative estimate of drug-likeness (QED) is 0.0972. The van der Waals surface area contributed by atoms with E-state index in [1.165, 1.54) is 0 Å². The van der Waals surface area contributed by atoms with Gasteiger partial charge in [-0.2, -0.15) is 5.26 Å². The second kappa shape index (κ2) is 17.6. The Balaban J connectivity index is 1.53. The third kappa shape index (κ3) is 7.54. The number of hydrogen-bond acceptors (Lipinski definition) is 5. The van der Waals surface area contributed by atoms with E-state index in [4.69, 9.17) is 9.47 Å². The van der Waals surface area contributed by atoms with Crippen molar-refractivity contribution in [3.63, 3.8) is 0 Å². The number of hydrogen-bond donors (Lipinski definition) is 0. The van der Waals surface area contributed by atoms with Crippen LogP contribution >= 0.6 is 0 Å². The molecular formula is C51H50N4O3. The molecule has 0 fully saturated rings. The number of rotatable bonds is 15. The van der Waals surface area contributed by atoms with Crippen molar-refractivity contribution < 1.29 is 14.3 Å². The topological polar surface area (TPSA) is 72.4 Å². The number of anilines is 1. The Morgan fingerprint density at radius 3 is 2.03 bits per heavy atom. The average molecular weight is 767 g/mol. The van der Waals surface area contributed by atoms with E-state index in [9.17, 15) is 10.1 Å². The summed E-state index contributed by atoms with van der Waals surface area (Å²) in [5.74, 6) is 0.132. The minimum atomic E-state index is -0.926. The van der Waals surface area contributed by atoms with Crippen LogP contribution in [0.15, 0.2) is 134 Å². The lowest BCUT2D eigenvalue weighted by atomic mass is 9.90.